The number of rotatable bonds is 7. The summed E-state index contributed by atoms with van der Waals surface area (Å²) >= 11 is 0. The summed E-state index contributed by atoms with van der Waals surface area (Å²) in [7, 11) is -0.851. The minimum atomic E-state index is -4.41. The maximum absolute atomic E-state index is 12.2. The fourth-order valence-corrected chi connectivity index (χ4v) is 4.62. The SMILES string of the molecule is CS(=O)C1CN(c2ncc(N3CCC(Cc4ccc(OCC(F)(F)F)nc4)C3O)cn2)C1. The minimum Gasteiger partial charge on any atom is -0.468 e. The van der Waals surface area contributed by atoms with Crippen molar-refractivity contribution in [2.24, 2.45) is 5.92 Å². The predicted molar refractivity (Wildman–Crippen MR) is 113 cm³/mol. The minimum absolute atomic E-state index is 0.0610. The monoisotopic (exact) mass is 471 g/mol. The highest BCUT2D eigenvalue weighted by molar-refractivity contribution is 7.85. The van der Waals surface area contributed by atoms with Crippen LogP contribution in [0.25, 0.3) is 0 Å². The fraction of sp³-hybridized carbons (Fsp3) is 0.550. The van der Waals surface area contributed by atoms with Crippen LogP contribution in [0.4, 0.5) is 24.8 Å². The van der Waals surface area contributed by atoms with Gasteiger partial charge in [-0.05, 0) is 18.4 Å². The third-order valence-corrected chi connectivity index (χ3v) is 6.95. The second-order valence-electron chi connectivity index (χ2n) is 8.04. The average Bonchev–Trinajstić information content (AvgIpc) is 3.06. The van der Waals surface area contributed by atoms with Crippen LogP contribution in [0.2, 0.25) is 0 Å². The number of hydrogen-bond donors (Lipinski definition) is 1. The van der Waals surface area contributed by atoms with Gasteiger partial charge >= 0.3 is 6.18 Å². The first-order valence-electron chi connectivity index (χ1n) is 10.2. The van der Waals surface area contributed by atoms with E-state index in [2.05, 4.69) is 19.7 Å². The molecule has 2 aromatic heterocycles. The van der Waals surface area contributed by atoms with E-state index in [4.69, 9.17) is 0 Å². The summed E-state index contributed by atoms with van der Waals surface area (Å²) < 4.78 is 52.8. The Kier molecular flexibility index (Phi) is 6.52. The molecule has 1 N–H and O–H groups in total. The van der Waals surface area contributed by atoms with Gasteiger partial charge < -0.3 is 19.6 Å². The van der Waals surface area contributed by atoms with Crippen LogP contribution < -0.4 is 14.5 Å². The molecule has 0 aliphatic carbocycles. The third kappa shape index (κ3) is 5.29. The van der Waals surface area contributed by atoms with Gasteiger partial charge in [0.15, 0.2) is 6.61 Å². The first kappa shape index (κ1) is 22.7. The van der Waals surface area contributed by atoms with Gasteiger partial charge in [-0.2, -0.15) is 13.2 Å². The summed E-state index contributed by atoms with van der Waals surface area (Å²) in [5.74, 6) is 0.435. The lowest BCUT2D eigenvalue weighted by Gasteiger charge is -2.37. The van der Waals surface area contributed by atoms with E-state index >= 15 is 0 Å². The molecule has 0 amide bonds. The van der Waals surface area contributed by atoms with Crippen molar-refractivity contribution in [3.05, 3.63) is 36.3 Å². The molecular formula is C20H24F3N5O3S. The van der Waals surface area contributed by atoms with E-state index in [0.717, 1.165) is 12.0 Å². The molecule has 174 valence electrons. The van der Waals surface area contributed by atoms with Crippen molar-refractivity contribution in [3.63, 3.8) is 0 Å². The molecule has 12 heteroatoms. The molecule has 4 heterocycles. The van der Waals surface area contributed by atoms with Gasteiger partial charge in [0.25, 0.3) is 0 Å². The number of anilines is 2. The molecule has 32 heavy (non-hydrogen) atoms. The van der Waals surface area contributed by atoms with E-state index in [0.29, 0.717) is 37.7 Å². The van der Waals surface area contributed by atoms with Gasteiger partial charge in [0.05, 0.1) is 23.3 Å². The standard InChI is InChI=1S/C20H24F3N5O3S/c1-32(30)16-10-27(11-16)19-25-8-15(9-26-19)28-5-4-14(18(28)29)6-13-2-3-17(24-7-13)31-12-20(21,22)23/h2-3,7-9,14,16,18,29H,4-6,10-12H2,1H3. The Morgan fingerprint density at radius 3 is 2.50 bits per heavy atom. The number of aliphatic hydroxyl groups excluding tert-OH is 1. The summed E-state index contributed by atoms with van der Waals surface area (Å²) in [6, 6.07) is 3.07. The zero-order valence-electron chi connectivity index (χ0n) is 17.4. The molecule has 4 rings (SSSR count). The van der Waals surface area contributed by atoms with Gasteiger partial charge in [-0.15, -0.1) is 0 Å². The highest BCUT2D eigenvalue weighted by Crippen LogP contribution is 2.31. The lowest BCUT2D eigenvalue weighted by molar-refractivity contribution is -0.154. The van der Waals surface area contributed by atoms with Crippen LogP contribution in [0.1, 0.15) is 12.0 Å². The van der Waals surface area contributed by atoms with Crippen LogP contribution in [-0.2, 0) is 17.2 Å². The fourth-order valence-electron chi connectivity index (χ4n) is 3.84. The molecule has 8 nitrogen and oxygen atoms in total. The molecule has 2 aliphatic rings. The van der Waals surface area contributed by atoms with Crippen LogP contribution in [0.15, 0.2) is 30.7 Å². The number of aromatic nitrogens is 3. The lowest BCUT2D eigenvalue weighted by atomic mass is 9.98. The zero-order valence-corrected chi connectivity index (χ0v) is 18.2. The molecule has 0 aromatic carbocycles. The molecule has 0 saturated carbocycles. The van der Waals surface area contributed by atoms with Gasteiger partial charge in [-0.25, -0.2) is 15.0 Å². The van der Waals surface area contributed by atoms with Crippen molar-refractivity contribution in [2.75, 3.05) is 42.3 Å². The number of pyridine rings is 1. The number of hydrogen-bond acceptors (Lipinski definition) is 8. The van der Waals surface area contributed by atoms with Gasteiger partial charge in [-0.3, -0.25) is 4.21 Å². The Morgan fingerprint density at radius 2 is 1.91 bits per heavy atom. The summed E-state index contributed by atoms with van der Waals surface area (Å²) in [4.78, 5) is 16.5. The maximum atomic E-state index is 12.2. The maximum Gasteiger partial charge on any atom is 0.422 e. The van der Waals surface area contributed by atoms with E-state index < -0.39 is 29.8 Å². The number of alkyl halides is 3. The zero-order chi connectivity index (χ0) is 22.9. The largest absolute Gasteiger partial charge is 0.468 e. The second kappa shape index (κ2) is 9.18. The van der Waals surface area contributed by atoms with Crippen LogP contribution in [0.5, 0.6) is 5.88 Å². The Balaban J connectivity index is 1.31. The van der Waals surface area contributed by atoms with Crippen molar-refractivity contribution in [3.8, 4) is 5.88 Å². The molecule has 2 aromatic rings. The molecular weight excluding hydrogens is 447 g/mol. The normalized spacial score (nSPS) is 22.7. The van der Waals surface area contributed by atoms with Crippen molar-refractivity contribution in [2.45, 2.75) is 30.5 Å². The highest BCUT2D eigenvalue weighted by Gasteiger charge is 2.34. The van der Waals surface area contributed by atoms with E-state index in [1.807, 2.05) is 9.80 Å². The number of nitrogens with zero attached hydrogens (tertiary/aromatic N) is 5. The van der Waals surface area contributed by atoms with Gasteiger partial charge in [-0.1, -0.05) is 6.07 Å². The van der Waals surface area contributed by atoms with Crippen LogP contribution in [-0.4, -0.2) is 74.4 Å². The molecule has 0 spiro atoms. The van der Waals surface area contributed by atoms with Crippen molar-refractivity contribution in [1.82, 2.24) is 15.0 Å². The first-order valence-corrected chi connectivity index (χ1v) is 11.8. The van der Waals surface area contributed by atoms with Crippen LogP contribution in [0.3, 0.4) is 0 Å². The van der Waals surface area contributed by atoms with Crippen LogP contribution >= 0.6 is 0 Å². The van der Waals surface area contributed by atoms with E-state index in [-0.39, 0.29) is 17.0 Å². The van der Waals surface area contributed by atoms with Crippen LogP contribution in [0, 0.1) is 5.92 Å². The smallest absolute Gasteiger partial charge is 0.422 e. The Bertz CT molecular complexity index is 939. The molecule has 3 unspecified atom stereocenters. The molecule has 2 fully saturated rings. The van der Waals surface area contributed by atoms with E-state index in [1.165, 1.54) is 12.3 Å². The molecule has 2 saturated heterocycles. The Labute approximate surface area is 185 Å². The molecule has 0 radical (unpaired) electrons. The topological polar surface area (TPSA) is 91.7 Å². The summed E-state index contributed by atoms with van der Waals surface area (Å²) in [6.45, 7) is 0.595. The molecule has 3 atom stereocenters. The van der Waals surface area contributed by atoms with Crippen molar-refractivity contribution >= 4 is 22.4 Å². The third-order valence-electron chi connectivity index (χ3n) is 5.72. The molecule has 0 bridgehead atoms. The van der Waals surface area contributed by atoms with Crippen molar-refractivity contribution < 1.29 is 27.2 Å². The van der Waals surface area contributed by atoms with Gasteiger partial charge in [0.1, 0.15) is 6.23 Å². The van der Waals surface area contributed by atoms with Crippen molar-refractivity contribution in [1.29, 1.82) is 0 Å². The van der Waals surface area contributed by atoms with Gasteiger partial charge in [0.2, 0.25) is 11.8 Å². The quantitative estimate of drug-likeness (QED) is 0.654. The predicted octanol–water partition coefficient (Wildman–Crippen LogP) is 1.77. The van der Waals surface area contributed by atoms with Gasteiger partial charge in [0, 0.05) is 54.9 Å². The highest BCUT2D eigenvalue weighted by atomic mass is 32.2. The van der Waals surface area contributed by atoms with E-state index in [9.17, 15) is 22.5 Å². The Hall–Kier alpha value is -2.47. The lowest BCUT2D eigenvalue weighted by Crippen LogP contribution is -2.53. The summed E-state index contributed by atoms with van der Waals surface area (Å²) in [6.07, 6.45) is 2.66. The number of ether oxygens (including phenoxy) is 1. The Morgan fingerprint density at radius 1 is 1.19 bits per heavy atom. The average molecular weight is 472 g/mol. The summed E-state index contributed by atoms with van der Waals surface area (Å²) in [5, 5.41) is 10.9. The van der Waals surface area contributed by atoms with E-state index in [1.54, 1.807) is 24.7 Å². The number of aliphatic hydroxyl groups is 1. The second-order valence-corrected chi connectivity index (χ2v) is 9.70. The summed E-state index contributed by atoms with van der Waals surface area (Å²) in [5.41, 5.74) is 1.52. The first-order chi connectivity index (χ1) is 15.2. The number of halogens is 3. The molecule has 2 aliphatic heterocycles.